The number of aliphatic hydroxyl groups is 1. The van der Waals surface area contributed by atoms with Gasteiger partial charge in [0.1, 0.15) is 5.76 Å². The van der Waals surface area contributed by atoms with Gasteiger partial charge in [-0.3, -0.25) is 4.79 Å². The zero-order chi connectivity index (χ0) is 21.8. The highest BCUT2D eigenvalue weighted by atomic mass is 16.5. The first-order valence-corrected chi connectivity index (χ1v) is 12.4. The summed E-state index contributed by atoms with van der Waals surface area (Å²) in [6, 6.07) is 0. The fraction of sp³-hybridized carbons (Fsp3) is 0.815. The standard InChI is InChI=1S/C27H42O3/c1-16(2)17(3)7-8-18(4)20-9-10-21-24-22(12-14-26(20,21)5)27(6)13-11-19(28)15-23(27)25(29)30-24/h16,18-21,23,28H,3,7-15H2,1-2,4-6H3. The Kier molecular flexibility index (Phi) is 5.75. The van der Waals surface area contributed by atoms with Crippen LogP contribution >= 0.6 is 0 Å². The summed E-state index contributed by atoms with van der Waals surface area (Å²) in [7, 11) is 0. The Bertz CT molecular complexity index is 749. The number of hydrogen-bond acceptors (Lipinski definition) is 3. The first-order valence-electron chi connectivity index (χ1n) is 12.4. The Balaban J connectivity index is 1.57. The van der Waals surface area contributed by atoms with Crippen molar-refractivity contribution >= 4 is 5.97 Å². The van der Waals surface area contributed by atoms with E-state index >= 15 is 0 Å². The molecular formula is C27H42O3. The van der Waals surface area contributed by atoms with Crippen LogP contribution in [0.5, 0.6) is 0 Å². The van der Waals surface area contributed by atoms with Crippen LogP contribution in [-0.2, 0) is 9.53 Å². The van der Waals surface area contributed by atoms with Gasteiger partial charge in [-0.2, -0.15) is 0 Å². The van der Waals surface area contributed by atoms with Crippen molar-refractivity contribution in [3.63, 3.8) is 0 Å². The summed E-state index contributed by atoms with van der Waals surface area (Å²) < 4.78 is 6.13. The Morgan fingerprint density at radius 2 is 1.90 bits per heavy atom. The van der Waals surface area contributed by atoms with Gasteiger partial charge in [0.05, 0.1) is 12.0 Å². The number of fused-ring (bicyclic) bond motifs is 4. The summed E-state index contributed by atoms with van der Waals surface area (Å²) in [6.45, 7) is 15.9. The monoisotopic (exact) mass is 414 g/mol. The van der Waals surface area contributed by atoms with E-state index in [1.54, 1.807) is 0 Å². The molecule has 0 saturated heterocycles. The molecule has 4 rings (SSSR count). The van der Waals surface area contributed by atoms with Crippen molar-refractivity contribution in [1.29, 1.82) is 0 Å². The highest BCUT2D eigenvalue weighted by Gasteiger charge is 2.59. The second-order valence-corrected chi connectivity index (χ2v) is 11.7. The van der Waals surface area contributed by atoms with Crippen molar-refractivity contribution in [2.75, 3.05) is 0 Å². The van der Waals surface area contributed by atoms with E-state index in [1.807, 2.05) is 0 Å². The van der Waals surface area contributed by atoms with E-state index in [2.05, 4.69) is 41.2 Å². The molecule has 1 N–H and O–H groups in total. The molecule has 1 heterocycles. The summed E-state index contributed by atoms with van der Waals surface area (Å²) in [4.78, 5) is 13.0. The molecule has 4 aliphatic rings. The summed E-state index contributed by atoms with van der Waals surface area (Å²) in [5.74, 6) is 3.11. The van der Waals surface area contributed by atoms with Crippen molar-refractivity contribution in [3.8, 4) is 0 Å². The fourth-order valence-corrected chi connectivity index (χ4v) is 7.51. The number of aliphatic hydroxyl groups excluding tert-OH is 1. The molecule has 2 saturated carbocycles. The Labute approximate surface area is 183 Å². The molecule has 3 heteroatoms. The summed E-state index contributed by atoms with van der Waals surface area (Å²) in [6.07, 6.45) is 8.91. The predicted octanol–water partition coefficient (Wildman–Crippen LogP) is 6.42. The molecule has 0 aromatic heterocycles. The van der Waals surface area contributed by atoms with E-state index in [0.717, 1.165) is 37.9 Å². The highest BCUT2D eigenvalue weighted by molar-refractivity contribution is 5.77. The van der Waals surface area contributed by atoms with Gasteiger partial charge < -0.3 is 9.84 Å². The molecule has 0 radical (unpaired) electrons. The van der Waals surface area contributed by atoms with Gasteiger partial charge in [0.15, 0.2) is 0 Å². The SMILES string of the molecule is C=C(CCC(C)C1CCC2C3=C(CCC21C)C1(C)CCC(O)CC1C(=O)O3)C(C)C. The second kappa shape index (κ2) is 7.80. The van der Waals surface area contributed by atoms with Gasteiger partial charge in [-0.15, -0.1) is 0 Å². The molecule has 0 aromatic carbocycles. The highest BCUT2D eigenvalue weighted by Crippen LogP contribution is 2.64. The predicted molar refractivity (Wildman–Crippen MR) is 121 cm³/mol. The largest absolute Gasteiger partial charge is 0.431 e. The first-order chi connectivity index (χ1) is 14.1. The lowest BCUT2D eigenvalue weighted by atomic mass is 9.54. The average Bonchev–Trinajstić information content (AvgIpc) is 3.04. The maximum Gasteiger partial charge on any atom is 0.315 e. The molecule has 3 nitrogen and oxygen atoms in total. The van der Waals surface area contributed by atoms with Gasteiger partial charge >= 0.3 is 5.97 Å². The van der Waals surface area contributed by atoms with Gasteiger partial charge in [0, 0.05) is 11.3 Å². The number of ether oxygens (including phenoxy) is 1. The topological polar surface area (TPSA) is 46.5 Å². The number of allylic oxidation sites excluding steroid dienone is 3. The van der Waals surface area contributed by atoms with E-state index in [1.165, 1.54) is 30.4 Å². The van der Waals surface area contributed by atoms with Crippen molar-refractivity contribution < 1.29 is 14.6 Å². The number of hydrogen-bond donors (Lipinski definition) is 1. The Hall–Kier alpha value is -1.09. The number of esters is 1. The summed E-state index contributed by atoms with van der Waals surface area (Å²) in [5, 5.41) is 10.2. The van der Waals surface area contributed by atoms with Crippen LogP contribution in [0.2, 0.25) is 0 Å². The van der Waals surface area contributed by atoms with Crippen LogP contribution in [0.25, 0.3) is 0 Å². The lowest BCUT2D eigenvalue weighted by Crippen LogP contribution is -2.50. The molecule has 0 bridgehead atoms. The lowest BCUT2D eigenvalue weighted by Gasteiger charge is -2.53. The lowest BCUT2D eigenvalue weighted by molar-refractivity contribution is -0.159. The van der Waals surface area contributed by atoms with Crippen LogP contribution in [0.3, 0.4) is 0 Å². The molecule has 7 atom stereocenters. The number of carbonyl (C=O) groups excluding carboxylic acids is 1. The molecule has 168 valence electrons. The molecule has 3 aliphatic carbocycles. The Morgan fingerprint density at radius 1 is 1.17 bits per heavy atom. The van der Waals surface area contributed by atoms with Crippen LogP contribution in [0, 0.1) is 40.4 Å². The molecule has 0 amide bonds. The van der Waals surface area contributed by atoms with Crippen LogP contribution in [0.4, 0.5) is 0 Å². The van der Waals surface area contributed by atoms with Gasteiger partial charge in [-0.25, -0.2) is 0 Å². The minimum absolute atomic E-state index is 0.0796. The van der Waals surface area contributed by atoms with E-state index in [0.29, 0.717) is 30.1 Å². The zero-order valence-corrected chi connectivity index (χ0v) is 19.8. The molecule has 2 fully saturated rings. The van der Waals surface area contributed by atoms with Gasteiger partial charge in [0.2, 0.25) is 0 Å². The number of carbonyl (C=O) groups is 1. The van der Waals surface area contributed by atoms with E-state index < -0.39 is 0 Å². The third-order valence-electron chi connectivity index (χ3n) is 9.82. The molecule has 1 aliphatic heterocycles. The molecule has 0 aromatic rings. The quantitative estimate of drug-likeness (QED) is 0.417. The number of rotatable bonds is 5. The summed E-state index contributed by atoms with van der Waals surface area (Å²) >= 11 is 0. The van der Waals surface area contributed by atoms with Crippen molar-refractivity contribution in [1.82, 2.24) is 0 Å². The van der Waals surface area contributed by atoms with E-state index in [-0.39, 0.29) is 28.8 Å². The van der Waals surface area contributed by atoms with Crippen molar-refractivity contribution in [3.05, 3.63) is 23.5 Å². The molecular weight excluding hydrogens is 372 g/mol. The van der Waals surface area contributed by atoms with Crippen LogP contribution in [0.15, 0.2) is 23.5 Å². The molecule has 30 heavy (non-hydrogen) atoms. The van der Waals surface area contributed by atoms with Crippen LogP contribution < -0.4 is 0 Å². The van der Waals surface area contributed by atoms with Gasteiger partial charge in [0.25, 0.3) is 0 Å². The van der Waals surface area contributed by atoms with Crippen molar-refractivity contribution in [2.24, 2.45) is 40.4 Å². The average molecular weight is 415 g/mol. The Morgan fingerprint density at radius 3 is 2.60 bits per heavy atom. The second-order valence-electron chi connectivity index (χ2n) is 11.7. The van der Waals surface area contributed by atoms with E-state index in [4.69, 9.17) is 4.74 Å². The van der Waals surface area contributed by atoms with E-state index in [9.17, 15) is 9.90 Å². The maximum atomic E-state index is 13.0. The molecule has 7 unspecified atom stereocenters. The zero-order valence-electron chi connectivity index (χ0n) is 19.8. The smallest absolute Gasteiger partial charge is 0.315 e. The summed E-state index contributed by atoms with van der Waals surface area (Å²) in [5.41, 5.74) is 2.91. The van der Waals surface area contributed by atoms with Gasteiger partial charge in [-0.1, -0.05) is 46.8 Å². The maximum absolute atomic E-state index is 13.0. The minimum atomic E-state index is -0.357. The van der Waals surface area contributed by atoms with Crippen molar-refractivity contribution in [2.45, 2.75) is 98.5 Å². The fourth-order valence-electron chi connectivity index (χ4n) is 7.51. The molecule has 0 spiro atoms. The van der Waals surface area contributed by atoms with Crippen LogP contribution in [0.1, 0.15) is 92.4 Å². The third-order valence-corrected chi connectivity index (χ3v) is 9.82. The van der Waals surface area contributed by atoms with Gasteiger partial charge in [-0.05, 0) is 86.5 Å². The normalized spacial score (nSPS) is 41.8. The first kappa shape index (κ1) is 22.1. The minimum Gasteiger partial charge on any atom is -0.431 e. The van der Waals surface area contributed by atoms with Crippen LogP contribution in [-0.4, -0.2) is 17.2 Å². The third kappa shape index (κ3) is 3.40.